The Labute approximate surface area is 187 Å². The van der Waals surface area contributed by atoms with E-state index in [4.69, 9.17) is 11.6 Å². The summed E-state index contributed by atoms with van der Waals surface area (Å²) in [5.41, 5.74) is 1.13. The van der Waals surface area contributed by atoms with E-state index in [2.05, 4.69) is 20.1 Å². The smallest absolute Gasteiger partial charge is 0.280 e. The largest absolute Gasteiger partial charge is 0.325 e. The topological polar surface area (TPSA) is 109 Å². The third kappa shape index (κ3) is 4.48. The number of likely N-dealkylation sites (N-methyl/N-ethyl adjacent to an activating group) is 1. The van der Waals surface area contributed by atoms with Crippen molar-refractivity contribution < 1.29 is 17.6 Å². The maximum atomic E-state index is 13.4. The van der Waals surface area contributed by atoms with Crippen molar-refractivity contribution in [1.29, 1.82) is 0 Å². The fourth-order valence-electron chi connectivity index (χ4n) is 3.20. The standard InChI is InChI=1S/C18H18ClFN6O3S2/c1-25-9-10(7-22-25)16-8-21-18(30-16)14-6-15(26(2)31(28,29)24-14)17(27)23-11-3-4-13(20)12(19)5-11/h3-5,7-9,14-15,24H,6H2,1-2H3,(H,23,27)/t14-,15+/m1/s1. The number of aryl methyl sites for hydroxylation is 1. The third-order valence-electron chi connectivity index (χ3n) is 4.87. The van der Waals surface area contributed by atoms with Crippen LogP contribution in [0.1, 0.15) is 17.5 Å². The summed E-state index contributed by atoms with van der Waals surface area (Å²) in [5.74, 6) is -1.17. The molecule has 4 rings (SSSR count). The molecule has 1 amide bonds. The minimum absolute atomic E-state index is 0.146. The van der Waals surface area contributed by atoms with Crippen molar-refractivity contribution in [2.75, 3.05) is 12.4 Å². The van der Waals surface area contributed by atoms with Crippen molar-refractivity contribution in [2.45, 2.75) is 18.5 Å². The van der Waals surface area contributed by atoms with Crippen LogP contribution in [0.3, 0.4) is 0 Å². The molecule has 1 aromatic carbocycles. The first-order valence-corrected chi connectivity index (χ1v) is 11.7. The molecule has 1 aliphatic rings. The number of halogens is 2. The van der Waals surface area contributed by atoms with Crippen LogP contribution in [0.5, 0.6) is 0 Å². The van der Waals surface area contributed by atoms with E-state index < -0.39 is 34.0 Å². The molecule has 164 valence electrons. The Morgan fingerprint density at radius 3 is 2.81 bits per heavy atom. The van der Waals surface area contributed by atoms with Gasteiger partial charge in [-0.3, -0.25) is 9.48 Å². The number of carbonyl (C=O) groups excluding carboxylic acids is 1. The number of thiazole rings is 1. The molecule has 2 aromatic heterocycles. The van der Waals surface area contributed by atoms with Crippen LogP contribution in [0.15, 0.2) is 36.8 Å². The SMILES string of the molecule is CN1[C@H](C(=O)Nc2ccc(F)c(Cl)c2)C[C@H](c2ncc(-c3cnn(C)c3)s2)NS1(=O)=O. The fraction of sp³-hybridized carbons (Fsp3) is 0.278. The molecular formula is C18H18ClFN6O3S2. The van der Waals surface area contributed by atoms with Gasteiger partial charge in [0.25, 0.3) is 10.2 Å². The second-order valence-corrected chi connectivity index (χ2v) is 10.3. The van der Waals surface area contributed by atoms with Crippen LogP contribution in [0, 0.1) is 5.82 Å². The van der Waals surface area contributed by atoms with Crippen LogP contribution >= 0.6 is 22.9 Å². The van der Waals surface area contributed by atoms with Gasteiger partial charge in [0, 0.05) is 37.7 Å². The van der Waals surface area contributed by atoms with Crippen molar-refractivity contribution in [3.63, 3.8) is 0 Å². The Bertz CT molecular complexity index is 1240. The molecule has 1 aliphatic heterocycles. The van der Waals surface area contributed by atoms with Crippen LogP contribution in [-0.2, 0) is 22.1 Å². The van der Waals surface area contributed by atoms with Crippen molar-refractivity contribution in [2.24, 2.45) is 7.05 Å². The summed E-state index contributed by atoms with van der Waals surface area (Å²) >= 11 is 7.09. The molecule has 13 heteroatoms. The lowest BCUT2D eigenvalue weighted by atomic mass is 10.1. The van der Waals surface area contributed by atoms with E-state index in [0.717, 1.165) is 20.8 Å². The first kappa shape index (κ1) is 21.8. The summed E-state index contributed by atoms with van der Waals surface area (Å²) in [5, 5.41) is 7.12. The molecule has 2 atom stereocenters. The zero-order chi connectivity index (χ0) is 22.3. The Balaban J connectivity index is 1.57. The zero-order valence-electron chi connectivity index (χ0n) is 16.4. The maximum Gasteiger partial charge on any atom is 0.280 e. The Morgan fingerprint density at radius 2 is 2.13 bits per heavy atom. The summed E-state index contributed by atoms with van der Waals surface area (Å²) in [6.45, 7) is 0. The lowest BCUT2D eigenvalue weighted by molar-refractivity contribution is -0.120. The van der Waals surface area contributed by atoms with Gasteiger partial charge in [0.05, 0.1) is 22.1 Å². The van der Waals surface area contributed by atoms with Crippen molar-refractivity contribution in [1.82, 2.24) is 23.8 Å². The van der Waals surface area contributed by atoms with Crippen LogP contribution in [-0.4, -0.2) is 46.5 Å². The lowest BCUT2D eigenvalue weighted by Crippen LogP contribution is -2.55. The number of nitrogens with zero attached hydrogens (tertiary/aromatic N) is 4. The monoisotopic (exact) mass is 484 g/mol. The normalized spacial score (nSPS) is 21.2. The number of hydrogen-bond acceptors (Lipinski definition) is 6. The molecule has 0 aliphatic carbocycles. The summed E-state index contributed by atoms with van der Waals surface area (Å²) in [6.07, 6.45) is 5.34. The quantitative estimate of drug-likeness (QED) is 0.591. The van der Waals surface area contributed by atoms with Gasteiger partial charge in [-0.2, -0.15) is 22.5 Å². The molecular weight excluding hydrogens is 467 g/mol. The molecule has 31 heavy (non-hydrogen) atoms. The van der Waals surface area contributed by atoms with E-state index >= 15 is 0 Å². The number of carbonyl (C=O) groups is 1. The van der Waals surface area contributed by atoms with Gasteiger partial charge < -0.3 is 5.32 Å². The summed E-state index contributed by atoms with van der Waals surface area (Å²) in [6, 6.07) is 2.07. The molecule has 0 unspecified atom stereocenters. The number of rotatable bonds is 4. The molecule has 1 fully saturated rings. The summed E-state index contributed by atoms with van der Waals surface area (Å²) in [4.78, 5) is 18.1. The molecule has 3 aromatic rings. The first-order chi connectivity index (χ1) is 14.6. The molecule has 0 radical (unpaired) electrons. The average molecular weight is 485 g/mol. The number of amides is 1. The number of hydrogen-bond donors (Lipinski definition) is 2. The van der Waals surface area contributed by atoms with Gasteiger partial charge >= 0.3 is 0 Å². The van der Waals surface area contributed by atoms with Crippen LogP contribution in [0.25, 0.3) is 10.4 Å². The summed E-state index contributed by atoms with van der Waals surface area (Å²) in [7, 11) is -0.802. The second-order valence-electron chi connectivity index (χ2n) is 7.03. The predicted molar refractivity (Wildman–Crippen MR) is 115 cm³/mol. The molecule has 2 N–H and O–H groups in total. The van der Waals surface area contributed by atoms with Crippen LogP contribution in [0.2, 0.25) is 5.02 Å². The van der Waals surface area contributed by atoms with Crippen molar-refractivity contribution in [3.05, 3.63) is 52.6 Å². The molecule has 1 saturated heterocycles. The van der Waals surface area contributed by atoms with Gasteiger partial charge in [-0.15, -0.1) is 11.3 Å². The van der Waals surface area contributed by atoms with Gasteiger partial charge in [-0.1, -0.05) is 11.6 Å². The van der Waals surface area contributed by atoms with E-state index in [1.54, 1.807) is 24.1 Å². The minimum atomic E-state index is -3.92. The van der Waals surface area contributed by atoms with E-state index in [1.807, 2.05) is 6.20 Å². The van der Waals surface area contributed by atoms with Gasteiger partial charge in [-0.25, -0.2) is 9.37 Å². The Morgan fingerprint density at radius 1 is 1.35 bits per heavy atom. The Hall–Kier alpha value is -2.38. The average Bonchev–Trinajstić information content (AvgIpc) is 3.35. The second kappa shape index (κ2) is 8.28. The maximum absolute atomic E-state index is 13.4. The summed E-state index contributed by atoms with van der Waals surface area (Å²) < 4.78 is 43.8. The highest BCUT2D eigenvalue weighted by atomic mass is 35.5. The third-order valence-corrected chi connectivity index (χ3v) is 7.91. The van der Waals surface area contributed by atoms with Gasteiger partial charge in [0.1, 0.15) is 16.9 Å². The van der Waals surface area contributed by atoms with Crippen molar-refractivity contribution >= 4 is 44.7 Å². The van der Waals surface area contributed by atoms with Crippen molar-refractivity contribution in [3.8, 4) is 10.4 Å². The first-order valence-electron chi connectivity index (χ1n) is 9.10. The highest BCUT2D eigenvalue weighted by molar-refractivity contribution is 7.87. The van der Waals surface area contributed by atoms with E-state index in [9.17, 15) is 17.6 Å². The molecule has 3 heterocycles. The number of nitrogens with one attached hydrogen (secondary N) is 2. The molecule has 9 nitrogen and oxygen atoms in total. The zero-order valence-corrected chi connectivity index (χ0v) is 18.8. The van der Waals surface area contributed by atoms with Gasteiger partial charge in [-0.05, 0) is 24.6 Å². The number of anilines is 1. The van der Waals surface area contributed by atoms with Crippen LogP contribution in [0.4, 0.5) is 10.1 Å². The molecule has 0 spiro atoms. The molecule has 0 saturated carbocycles. The van der Waals surface area contributed by atoms with Gasteiger partial charge in [0.15, 0.2) is 0 Å². The predicted octanol–water partition coefficient (Wildman–Crippen LogP) is 2.55. The number of benzene rings is 1. The highest BCUT2D eigenvalue weighted by Gasteiger charge is 2.41. The minimum Gasteiger partial charge on any atom is -0.325 e. The van der Waals surface area contributed by atoms with E-state index in [1.165, 1.54) is 30.5 Å². The fourth-order valence-corrected chi connectivity index (χ4v) is 5.67. The van der Waals surface area contributed by atoms with E-state index in [0.29, 0.717) is 5.01 Å². The van der Waals surface area contributed by atoms with Crippen LogP contribution < -0.4 is 10.0 Å². The van der Waals surface area contributed by atoms with Gasteiger partial charge in [0.2, 0.25) is 5.91 Å². The number of aromatic nitrogens is 3. The lowest BCUT2D eigenvalue weighted by Gasteiger charge is -2.35. The van der Waals surface area contributed by atoms with E-state index in [-0.39, 0.29) is 17.1 Å². The molecule has 0 bridgehead atoms. The highest BCUT2D eigenvalue weighted by Crippen LogP contribution is 2.34. The Kier molecular flexibility index (Phi) is 5.83.